The van der Waals surface area contributed by atoms with E-state index in [1.54, 1.807) is 11.3 Å². The van der Waals surface area contributed by atoms with Crippen LogP contribution in [0.1, 0.15) is 31.2 Å². The van der Waals surface area contributed by atoms with Crippen LogP contribution >= 0.6 is 11.3 Å². The Morgan fingerprint density at radius 2 is 2.44 bits per heavy atom. The summed E-state index contributed by atoms with van der Waals surface area (Å²) in [7, 11) is 2.22. The van der Waals surface area contributed by atoms with Gasteiger partial charge in [0.15, 0.2) is 0 Å². The Kier molecular flexibility index (Phi) is 3.95. The van der Waals surface area contributed by atoms with Crippen LogP contribution in [0.2, 0.25) is 0 Å². The van der Waals surface area contributed by atoms with Crippen molar-refractivity contribution in [1.29, 1.82) is 0 Å². The quantitative estimate of drug-likeness (QED) is 0.872. The number of nitrogens with zero attached hydrogens (tertiary/aromatic N) is 2. The van der Waals surface area contributed by atoms with Crippen LogP contribution in [-0.2, 0) is 0 Å². The fourth-order valence-corrected chi connectivity index (χ4v) is 3.33. The molecule has 1 aromatic heterocycles. The molecule has 0 aromatic carbocycles. The molecular formula is C12H21N3S. The Morgan fingerprint density at radius 1 is 1.62 bits per heavy atom. The van der Waals surface area contributed by atoms with Crippen molar-refractivity contribution >= 4 is 11.3 Å². The number of nitrogens with one attached hydrogen (secondary N) is 1. The fourth-order valence-electron chi connectivity index (χ4n) is 2.45. The molecule has 16 heavy (non-hydrogen) atoms. The molecule has 2 atom stereocenters. The van der Waals surface area contributed by atoms with Gasteiger partial charge in [0.2, 0.25) is 0 Å². The van der Waals surface area contributed by atoms with Gasteiger partial charge in [-0.1, -0.05) is 13.8 Å². The number of hydrogen-bond acceptors (Lipinski definition) is 4. The summed E-state index contributed by atoms with van der Waals surface area (Å²) in [6.07, 6.45) is 3.32. The average Bonchev–Trinajstić information content (AvgIpc) is 2.83. The largest absolute Gasteiger partial charge is 0.314 e. The summed E-state index contributed by atoms with van der Waals surface area (Å²) < 4.78 is 0. The summed E-state index contributed by atoms with van der Waals surface area (Å²) in [5.74, 6) is 0.729. The number of likely N-dealkylation sites (tertiary alicyclic amines) is 1. The van der Waals surface area contributed by atoms with Gasteiger partial charge in [-0.05, 0) is 25.9 Å². The summed E-state index contributed by atoms with van der Waals surface area (Å²) in [6.45, 7) is 6.73. The molecule has 1 N–H and O–H groups in total. The van der Waals surface area contributed by atoms with E-state index in [9.17, 15) is 0 Å². The second-order valence-corrected chi connectivity index (χ2v) is 5.86. The van der Waals surface area contributed by atoms with Gasteiger partial charge in [0.25, 0.3) is 0 Å². The lowest BCUT2D eigenvalue weighted by Gasteiger charge is -2.24. The fraction of sp³-hybridized carbons (Fsp3) is 0.750. The van der Waals surface area contributed by atoms with Gasteiger partial charge in [0.1, 0.15) is 0 Å². The molecule has 4 heteroatoms. The molecule has 2 unspecified atom stereocenters. The van der Waals surface area contributed by atoms with Crippen molar-refractivity contribution < 1.29 is 0 Å². The standard InChI is InChI=1S/C12H21N3S/c1-9(2)14-6-10-4-5-15(3)12(10)11-7-13-8-16-11/h7-10,12,14H,4-6H2,1-3H3. The Bertz CT molecular complexity index is 310. The third-order valence-electron chi connectivity index (χ3n) is 3.31. The van der Waals surface area contributed by atoms with E-state index >= 15 is 0 Å². The van der Waals surface area contributed by atoms with Gasteiger partial charge in [0.05, 0.1) is 5.51 Å². The number of thiazole rings is 1. The molecule has 2 rings (SSSR count). The third kappa shape index (κ3) is 2.62. The Balaban J connectivity index is 2.02. The first-order chi connectivity index (χ1) is 7.68. The summed E-state index contributed by atoms with van der Waals surface area (Å²) in [5, 5.41) is 3.56. The number of hydrogen-bond donors (Lipinski definition) is 1. The van der Waals surface area contributed by atoms with Gasteiger partial charge in [-0.2, -0.15) is 0 Å². The Morgan fingerprint density at radius 3 is 3.06 bits per heavy atom. The SMILES string of the molecule is CC(C)NCC1CCN(C)C1c1cncs1. The second-order valence-electron chi connectivity index (χ2n) is 4.94. The van der Waals surface area contributed by atoms with E-state index < -0.39 is 0 Å². The summed E-state index contributed by atoms with van der Waals surface area (Å²) in [5.41, 5.74) is 1.94. The maximum absolute atomic E-state index is 4.20. The van der Waals surface area contributed by atoms with Crippen LogP contribution in [-0.4, -0.2) is 36.1 Å². The number of rotatable bonds is 4. The predicted octanol–water partition coefficient (Wildman–Crippen LogP) is 2.13. The molecule has 0 bridgehead atoms. The zero-order valence-electron chi connectivity index (χ0n) is 10.3. The first-order valence-corrected chi connectivity index (χ1v) is 6.88. The normalized spacial score (nSPS) is 26.8. The summed E-state index contributed by atoms with van der Waals surface area (Å²) >= 11 is 1.78. The van der Waals surface area contributed by atoms with Crippen LogP contribution in [0.4, 0.5) is 0 Å². The monoisotopic (exact) mass is 239 g/mol. The molecule has 1 fully saturated rings. The first-order valence-electron chi connectivity index (χ1n) is 6.00. The van der Waals surface area contributed by atoms with E-state index in [1.165, 1.54) is 17.8 Å². The zero-order valence-corrected chi connectivity index (χ0v) is 11.1. The highest BCUT2D eigenvalue weighted by atomic mass is 32.1. The summed E-state index contributed by atoms with van der Waals surface area (Å²) in [4.78, 5) is 8.07. The minimum atomic E-state index is 0.568. The van der Waals surface area contributed by atoms with Crippen LogP contribution in [0, 0.1) is 5.92 Å². The Hall–Kier alpha value is -0.450. The van der Waals surface area contributed by atoms with Gasteiger partial charge < -0.3 is 5.32 Å². The molecule has 0 spiro atoms. The highest BCUT2D eigenvalue weighted by Gasteiger charge is 2.33. The average molecular weight is 239 g/mol. The molecular weight excluding hydrogens is 218 g/mol. The molecule has 0 saturated carbocycles. The molecule has 1 aliphatic rings. The third-order valence-corrected chi connectivity index (χ3v) is 4.15. The Labute approximate surface area is 102 Å². The topological polar surface area (TPSA) is 28.2 Å². The van der Waals surface area contributed by atoms with Crippen molar-refractivity contribution in [2.45, 2.75) is 32.4 Å². The van der Waals surface area contributed by atoms with E-state index in [4.69, 9.17) is 0 Å². The number of aromatic nitrogens is 1. The lowest BCUT2D eigenvalue weighted by molar-refractivity contribution is 0.273. The van der Waals surface area contributed by atoms with Crippen LogP contribution < -0.4 is 5.32 Å². The molecule has 3 nitrogen and oxygen atoms in total. The highest BCUT2D eigenvalue weighted by Crippen LogP contribution is 2.37. The van der Waals surface area contributed by atoms with Crippen LogP contribution in [0.5, 0.6) is 0 Å². The molecule has 0 aliphatic carbocycles. The van der Waals surface area contributed by atoms with E-state index in [0.717, 1.165) is 12.5 Å². The molecule has 0 radical (unpaired) electrons. The van der Waals surface area contributed by atoms with Gasteiger partial charge >= 0.3 is 0 Å². The van der Waals surface area contributed by atoms with Crippen LogP contribution in [0.15, 0.2) is 11.7 Å². The lowest BCUT2D eigenvalue weighted by atomic mass is 9.99. The van der Waals surface area contributed by atoms with Gasteiger partial charge in [-0.3, -0.25) is 9.88 Å². The first kappa shape index (κ1) is 12.0. The second kappa shape index (κ2) is 5.25. The minimum Gasteiger partial charge on any atom is -0.314 e. The zero-order chi connectivity index (χ0) is 11.5. The molecule has 2 heterocycles. The van der Waals surface area contributed by atoms with Crippen LogP contribution in [0.3, 0.4) is 0 Å². The molecule has 0 amide bonds. The van der Waals surface area contributed by atoms with E-state index in [1.807, 2.05) is 11.7 Å². The molecule has 1 aliphatic heterocycles. The van der Waals surface area contributed by atoms with Crippen molar-refractivity contribution in [2.24, 2.45) is 5.92 Å². The molecule has 90 valence electrons. The molecule has 1 aromatic rings. The van der Waals surface area contributed by atoms with Gasteiger partial charge in [-0.15, -0.1) is 11.3 Å². The highest BCUT2D eigenvalue weighted by molar-refractivity contribution is 7.09. The van der Waals surface area contributed by atoms with Crippen molar-refractivity contribution in [2.75, 3.05) is 20.1 Å². The lowest BCUT2D eigenvalue weighted by Crippen LogP contribution is -2.31. The maximum Gasteiger partial charge on any atom is 0.0794 e. The van der Waals surface area contributed by atoms with Gasteiger partial charge in [-0.25, -0.2) is 0 Å². The van der Waals surface area contributed by atoms with Crippen molar-refractivity contribution in [1.82, 2.24) is 15.2 Å². The van der Waals surface area contributed by atoms with Gasteiger partial charge in [0, 0.05) is 29.7 Å². The minimum absolute atomic E-state index is 0.568. The van der Waals surface area contributed by atoms with E-state index in [0.29, 0.717) is 12.1 Å². The van der Waals surface area contributed by atoms with E-state index in [2.05, 4.69) is 36.1 Å². The van der Waals surface area contributed by atoms with Crippen molar-refractivity contribution in [3.63, 3.8) is 0 Å². The predicted molar refractivity (Wildman–Crippen MR) is 68.7 cm³/mol. The smallest absolute Gasteiger partial charge is 0.0794 e. The van der Waals surface area contributed by atoms with Crippen molar-refractivity contribution in [3.05, 3.63) is 16.6 Å². The van der Waals surface area contributed by atoms with E-state index in [-0.39, 0.29) is 0 Å². The van der Waals surface area contributed by atoms with Crippen LogP contribution in [0.25, 0.3) is 0 Å². The molecule has 1 saturated heterocycles. The van der Waals surface area contributed by atoms with Crippen molar-refractivity contribution in [3.8, 4) is 0 Å². The summed E-state index contributed by atoms with van der Waals surface area (Å²) in [6, 6.07) is 1.15. The maximum atomic E-state index is 4.20.